The molecule has 4 rings (SSSR count). The molecule has 0 unspecified atom stereocenters. The highest BCUT2D eigenvalue weighted by atomic mass is 16.2. The minimum atomic E-state index is -0.251. The van der Waals surface area contributed by atoms with Gasteiger partial charge in [-0.25, -0.2) is 0 Å². The third kappa shape index (κ3) is 2.26. The molecular weight excluding hydrogens is 288 g/mol. The maximum atomic E-state index is 12.4. The standard InChI is InChI=1S/C19H18N2O2/c22-17(14-4-2-1-3-5-14)15-6-8-16(9-7-15)20-18(23)19-10-12-21(19)13-11-19/h1-9H,10-13H2,(H,20,23). The number of benzene rings is 2. The highest BCUT2D eigenvalue weighted by Gasteiger charge is 2.57. The third-order valence-electron chi connectivity index (χ3n) is 5.06. The maximum absolute atomic E-state index is 12.4. The molecular formula is C19H18N2O2. The van der Waals surface area contributed by atoms with Crippen LogP contribution in [0, 0.1) is 0 Å². The average molecular weight is 306 g/mol. The van der Waals surface area contributed by atoms with Crippen LogP contribution in [0.2, 0.25) is 0 Å². The van der Waals surface area contributed by atoms with Gasteiger partial charge in [-0.2, -0.15) is 0 Å². The second-order valence-electron chi connectivity index (χ2n) is 6.25. The van der Waals surface area contributed by atoms with Crippen molar-refractivity contribution in [3.05, 3.63) is 65.7 Å². The molecule has 2 aliphatic rings. The number of hydrogen-bond donors (Lipinski definition) is 1. The van der Waals surface area contributed by atoms with E-state index in [-0.39, 0.29) is 17.2 Å². The lowest BCUT2D eigenvalue weighted by molar-refractivity contribution is -0.155. The first-order valence-corrected chi connectivity index (χ1v) is 7.95. The third-order valence-corrected chi connectivity index (χ3v) is 5.06. The van der Waals surface area contributed by atoms with Crippen LogP contribution in [0.5, 0.6) is 0 Å². The molecule has 2 saturated heterocycles. The van der Waals surface area contributed by atoms with Crippen molar-refractivity contribution < 1.29 is 9.59 Å². The lowest BCUT2D eigenvalue weighted by Gasteiger charge is -2.59. The van der Waals surface area contributed by atoms with Gasteiger partial charge in [0, 0.05) is 29.9 Å². The first-order valence-electron chi connectivity index (χ1n) is 7.95. The van der Waals surface area contributed by atoms with E-state index in [4.69, 9.17) is 0 Å². The van der Waals surface area contributed by atoms with Crippen molar-refractivity contribution in [2.45, 2.75) is 18.4 Å². The highest BCUT2D eigenvalue weighted by molar-refractivity contribution is 6.09. The van der Waals surface area contributed by atoms with Crippen LogP contribution >= 0.6 is 0 Å². The zero-order valence-electron chi connectivity index (χ0n) is 12.8. The number of amides is 1. The lowest BCUT2D eigenvalue weighted by atomic mass is 9.73. The van der Waals surface area contributed by atoms with Crippen LogP contribution in [0.4, 0.5) is 5.69 Å². The number of nitrogens with one attached hydrogen (secondary N) is 1. The molecule has 23 heavy (non-hydrogen) atoms. The predicted octanol–water partition coefficient (Wildman–Crippen LogP) is 2.70. The smallest absolute Gasteiger partial charge is 0.245 e. The van der Waals surface area contributed by atoms with Gasteiger partial charge in [-0.15, -0.1) is 0 Å². The Labute approximate surface area is 135 Å². The zero-order chi connectivity index (χ0) is 15.9. The Balaban J connectivity index is 1.46. The van der Waals surface area contributed by atoms with Crippen molar-refractivity contribution in [1.82, 2.24) is 4.90 Å². The average Bonchev–Trinajstić information content (AvgIpc) is 2.58. The molecule has 0 saturated carbocycles. The molecule has 1 amide bonds. The summed E-state index contributed by atoms with van der Waals surface area (Å²) < 4.78 is 0. The Kier molecular flexibility index (Phi) is 3.27. The van der Waals surface area contributed by atoms with E-state index in [1.807, 2.05) is 18.2 Å². The Morgan fingerprint density at radius 2 is 1.48 bits per heavy atom. The summed E-state index contributed by atoms with van der Waals surface area (Å²) in [6, 6.07) is 16.3. The Morgan fingerprint density at radius 3 is 2.00 bits per heavy atom. The van der Waals surface area contributed by atoms with Gasteiger partial charge in [0.05, 0.1) is 0 Å². The molecule has 0 radical (unpaired) electrons. The molecule has 4 nitrogen and oxygen atoms in total. The van der Waals surface area contributed by atoms with Crippen molar-refractivity contribution in [2.75, 3.05) is 18.4 Å². The molecule has 2 fully saturated rings. The van der Waals surface area contributed by atoms with Crippen LogP contribution < -0.4 is 5.32 Å². The summed E-state index contributed by atoms with van der Waals surface area (Å²) in [6.45, 7) is 2.05. The van der Waals surface area contributed by atoms with Gasteiger partial charge in [-0.1, -0.05) is 30.3 Å². The second kappa shape index (κ2) is 5.32. The van der Waals surface area contributed by atoms with Crippen LogP contribution in [-0.4, -0.2) is 35.2 Å². The van der Waals surface area contributed by atoms with Gasteiger partial charge in [-0.05, 0) is 37.1 Å². The molecule has 2 aromatic carbocycles. The Hall–Kier alpha value is -2.46. The van der Waals surface area contributed by atoms with Gasteiger partial charge in [0.15, 0.2) is 5.78 Å². The number of anilines is 1. The van der Waals surface area contributed by atoms with E-state index in [2.05, 4.69) is 10.2 Å². The largest absolute Gasteiger partial charge is 0.324 e. The summed E-state index contributed by atoms with van der Waals surface area (Å²) in [4.78, 5) is 27.0. The van der Waals surface area contributed by atoms with Crippen molar-refractivity contribution in [2.24, 2.45) is 0 Å². The fourth-order valence-corrected chi connectivity index (χ4v) is 3.40. The lowest BCUT2D eigenvalue weighted by Crippen LogP contribution is -2.74. The summed E-state index contributed by atoms with van der Waals surface area (Å²) in [5.41, 5.74) is 1.79. The molecule has 2 aromatic rings. The van der Waals surface area contributed by atoms with Crippen molar-refractivity contribution in [3.8, 4) is 0 Å². The first-order chi connectivity index (χ1) is 11.2. The molecule has 0 aromatic heterocycles. The van der Waals surface area contributed by atoms with Crippen molar-refractivity contribution in [1.29, 1.82) is 0 Å². The molecule has 4 heteroatoms. The number of carbonyl (C=O) groups excluding carboxylic acids is 2. The Morgan fingerprint density at radius 1 is 0.870 bits per heavy atom. The van der Waals surface area contributed by atoms with E-state index in [0.717, 1.165) is 31.6 Å². The van der Waals surface area contributed by atoms with E-state index in [1.165, 1.54) is 0 Å². The van der Waals surface area contributed by atoms with Gasteiger partial charge < -0.3 is 5.32 Å². The molecule has 1 N–H and O–H groups in total. The number of carbonyl (C=O) groups is 2. The van der Waals surface area contributed by atoms with Gasteiger partial charge in [0.2, 0.25) is 5.91 Å². The quantitative estimate of drug-likeness (QED) is 0.884. The molecule has 0 aliphatic carbocycles. The van der Waals surface area contributed by atoms with Gasteiger partial charge in [-0.3, -0.25) is 14.5 Å². The molecule has 0 spiro atoms. The number of fused-ring (bicyclic) bond motifs is 1. The zero-order valence-corrected chi connectivity index (χ0v) is 12.8. The predicted molar refractivity (Wildman–Crippen MR) is 88.5 cm³/mol. The number of piperidine rings is 1. The van der Waals surface area contributed by atoms with Crippen molar-refractivity contribution in [3.63, 3.8) is 0 Å². The number of hydrogen-bond acceptors (Lipinski definition) is 3. The van der Waals surface area contributed by atoms with Crippen LogP contribution in [0.3, 0.4) is 0 Å². The summed E-state index contributed by atoms with van der Waals surface area (Å²) in [6.07, 6.45) is 1.90. The van der Waals surface area contributed by atoms with Gasteiger partial charge >= 0.3 is 0 Å². The summed E-state index contributed by atoms with van der Waals surface area (Å²) in [5.74, 6) is 0.0726. The summed E-state index contributed by atoms with van der Waals surface area (Å²) >= 11 is 0. The van der Waals surface area contributed by atoms with E-state index in [0.29, 0.717) is 11.1 Å². The highest BCUT2D eigenvalue weighted by Crippen LogP contribution is 2.43. The van der Waals surface area contributed by atoms with Gasteiger partial charge in [0.25, 0.3) is 0 Å². The number of rotatable bonds is 4. The molecule has 116 valence electrons. The topological polar surface area (TPSA) is 49.4 Å². The fraction of sp³-hybridized carbons (Fsp3) is 0.263. The van der Waals surface area contributed by atoms with E-state index >= 15 is 0 Å². The van der Waals surface area contributed by atoms with Gasteiger partial charge in [0.1, 0.15) is 5.54 Å². The second-order valence-corrected chi connectivity index (χ2v) is 6.25. The molecule has 0 atom stereocenters. The number of ketones is 1. The fourth-order valence-electron chi connectivity index (χ4n) is 3.40. The molecule has 2 aliphatic heterocycles. The Bertz CT molecular complexity index is 745. The minimum Gasteiger partial charge on any atom is -0.324 e. The molecule has 2 heterocycles. The van der Waals surface area contributed by atoms with Crippen LogP contribution in [0.15, 0.2) is 54.6 Å². The summed E-state index contributed by atoms with van der Waals surface area (Å²) in [5, 5.41) is 2.98. The molecule has 0 bridgehead atoms. The number of nitrogens with zero attached hydrogens (tertiary/aromatic N) is 1. The van der Waals surface area contributed by atoms with E-state index in [1.54, 1.807) is 36.4 Å². The monoisotopic (exact) mass is 306 g/mol. The van der Waals surface area contributed by atoms with E-state index < -0.39 is 0 Å². The normalized spacial score (nSPS) is 18.3. The maximum Gasteiger partial charge on any atom is 0.245 e. The summed E-state index contributed by atoms with van der Waals surface area (Å²) in [7, 11) is 0. The van der Waals surface area contributed by atoms with Crippen LogP contribution in [-0.2, 0) is 4.79 Å². The van der Waals surface area contributed by atoms with E-state index in [9.17, 15) is 9.59 Å². The SMILES string of the molecule is O=C(c1ccccc1)c1ccc(NC(=O)C23CCN2CC3)cc1. The van der Waals surface area contributed by atoms with Crippen molar-refractivity contribution >= 4 is 17.4 Å². The first kappa shape index (κ1) is 14.2. The van der Waals surface area contributed by atoms with Crippen LogP contribution in [0.1, 0.15) is 28.8 Å². The minimum absolute atomic E-state index is 0.00812. The van der Waals surface area contributed by atoms with Crippen LogP contribution in [0.25, 0.3) is 0 Å².